The summed E-state index contributed by atoms with van der Waals surface area (Å²) in [6.45, 7) is 1.35. The van der Waals surface area contributed by atoms with Crippen LogP contribution in [-0.4, -0.2) is 18.0 Å². The van der Waals surface area contributed by atoms with Crippen LogP contribution in [0.2, 0.25) is 5.02 Å². The Bertz CT molecular complexity index is 347. The van der Waals surface area contributed by atoms with Gasteiger partial charge in [0.15, 0.2) is 17.3 Å². The largest absolute Gasteiger partial charge is 0.504 e. The minimum atomic E-state index is -0.252. The monoisotopic (exact) mass is 200 g/mol. The number of phenols is 1. The van der Waals surface area contributed by atoms with E-state index in [0.29, 0.717) is 5.02 Å². The molecule has 0 aliphatic carbocycles. The van der Waals surface area contributed by atoms with Crippen LogP contribution in [0.3, 0.4) is 0 Å². The highest BCUT2D eigenvalue weighted by Crippen LogP contribution is 2.33. The van der Waals surface area contributed by atoms with Crippen LogP contribution in [0.1, 0.15) is 17.3 Å². The van der Waals surface area contributed by atoms with Crippen molar-refractivity contribution >= 4 is 17.4 Å². The van der Waals surface area contributed by atoms with E-state index in [1.54, 1.807) is 0 Å². The lowest BCUT2D eigenvalue weighted by Crippen LogP contribution is -1.95. The molecule has 0 fully saturated rings. The number of benzene rings is 1. The van der Waals surface area contributed by atoms with E-state index in [9.17, 15) is 9.90 Å². The van der Waals surface area contributed by atoms with Gasteiger partial charge in [0.1, 0.15) is 0 Å². The Kier molecular flexibility index (Phi) is 2.78. The Morgan fingerprint density at radius 2 is 2.15 bits per heavy atom. The number of aromatic hydroxyl groups is 1. The van der Waals surface area contributed by atoms with Gasteiger partial charge >= 0.3 is 0 Å². The second-order valence-electron chi connectivity index (χ2n) is 2.56. The number of carbonyl (C=O) groups excluding carboxylic acids is 1. The zero-order valence-corrected chi connectivity index (χ0v) is 8.05. The highest BCUT2D eigenvalue weighted by molar-refractivity contribution is 6.31. The molecule has 70 valence electrons. The van der Waals surface area contributed by atoms with Gasteiger partial charge in [-0.05, 0) is 13.0 Å². The van der Waals surface area contributed by atoms with Gasteiger partial charge in [-0.1, -0.05) is 11.6 Å². The summed E-state index contributed by atoms with van der Waals surface area (Å²) >= 11 is 5.70. The van der Waals surface area contributed by atoms with Crippen LogP contribution in [0.5, 0.6) is 11.5 Å². The molecule has 0 aliphatic rings. The maximum absolute atomic E-state index is 11.0. The first-order valence-electron chi connectivity index (χ1n) is 3.63. The van der Waals surface area contributed by atoms with Crippen LogP contribution >= 0.6 is 11.6 Å². The molecule has 0 radical (unpaired) electrons. The lowest BCUT2D eigenvalue weighted by Gasteiger charge is -2.06. The Labute approximate surface area is 80.9 Å². The molecule has 0 bridgehead atoms. The molecule has 4 heteroatoms. The number of Topliss-reactive ketones (excluding diaryl/α,β-unsaturated/α-hetero) is 1. The van der Waals surface area contributed by atoms with E-state index < -0.39 is 0 Å². The smallest absolute Gasteiger partial charge is 0.168 e. The third-order valence-electron chi connectivity index (χ3n) is 1.64. The molecule has 1 N–H and O–H groups in total. The number of rotatable bonds is 2. The van der Waals surface area contributed by atoms with E-state index in [-0.39, 0.29) is 22.8 Å². The molecule has 1 aromatic rings. The van der Waals surface area contributed by atoms with Crippen molar-refractivity contribution in [3.63, 3.8) is 0 Å². The van der Waals surface area contributed by atoms with Gasteiger partial charge in [-0.2, -0.15) is 0 Å². The first-order chi connectivity index (χ1) is 6.06. The highest BCUT2D eigenvalue weighted by atomic mass is 35.5. The minimum Gasteiger partial charge on any atom is -0.504 e. The van der Waals surface area contributed by atoms with Gasteiger partial charge < -0.3 is 9.84 Å². The van der Waals surface area contributed by atoms with Gasteiger partial charge in [-0.25, -0.2) is 0 Å². The lowest BCUT2D eigenvalue weighted by molar-refractivity contribution is 0.101. The first-order valence-corrected chi connectivity index (χ1v) is 4.01. The van der Waals surface area contributed by atoms with Crippen LogP contribution in [-0.2, 0) is 0 Å². The van der Waals surface area contributed by atoms with Crippen molar-refractivity contribution in [2.24, 2.45) is 0 Å². The van der Waals surface area contributed by atoms with E-state index >= 15 is 0 Å². The molecule has 0 aliphatic heterocycles. The maximum Gasteiger partial charge on any atom is 0.168 e. The van der Waals surface area contributed by atoms with Crippen molar-refractivity contribution in [2.45, 2.75) is 6.92 Å². The average Bonchev–Trinajstić information content (AvgIpc) is 2.08. The molecule has 0 unspecified atom stereocenters. The predicted molar refractivity (Wildman–Crippen MR) is 49.7 cm³/mol. The normalized spacial score (nSPS) is 9.77. The fourth-order valence-corrected chi connectivity index (χ4v) is 1.21. The quantitative estimate of drug-likeness (QED) is 0.745. The van der Waals surface area contributed by atoms with Gasteiger partial charge in [0.2, 0.25) is 0 Å². The van der Waals surface area contributed by atoms with E-state index in [1.807, 2.05) is 0 Å². The van der Waals surface area contributed by atoms with Gasteiger partial charge in [0, 0.05) is 11.1 Å². The Morgan fingerprint density at radius 1 is 1.54 bits per heavy atom. The molecule has 0 amide bonds. The summed E-state index contributed by atoms with van der Waals surface area (Å²) < 4.78 is 4.83. The lowest BCUT2D eigenvalue weighted by atomic mass is 10.1. The number of ether oxygens (including phenoxy) is 1. The fourth-order valence-electron chi connectivity index (χ4n) is 0.998. The number of hydrogen-bond acceptors (Lipinski definition) is 3. The Balaban J connectivity index is 3.35. The molecule has 3 nitrogen and oxygen atoms in total. The number of halogens is 1. The second kappa shape index (κ2) is 3.66. The molecule has 0 saturated heterocycles. The van der Waals surface area contributed by atoms with Crippen molar-refractivity contribution in [1.29, 1.82) is 0 Å². The zero-order chi connectivity index (χ0) is 10.0. The van der Waals surface area contributed by atoms with Crippen LogP contribution in [0, 0.1) is 0 Å². The second-order valence-corrected chi connectivity index (χ2v) is 3.00. The fraction of sp³-hybridized carbons (Fsp3) is 0.222. The van der Waals surface area contributed by atoms with E-state index in [1.165, 1.54) is 26.2 Å². The molecular formula is C9H9ClO3. The van der Waals surface area contributed by atoms with Gasteiger partial charge in [0.25, 0.3) is 0 Å². The maximum atomic E-state index is 11.0. The topological polar surface area (TPSA) is 46.5 Å². The number of phenolic OH excluding ortho intramolecular Hbond substituents is 1. The molecule has 1 rings (SSSR count). The van der Waals surface area contributed by atoms with Gasteiger partial charge in [-0.15, -0.1) is 0 Å². The first kappa shape index (κ1) is 9.86. The predicted octanol–water partition coefficient (Wildman–Crippen LogP) is 2.26. The molecule has 13 heavy (non-hydrogen) atoms. The third kappa shape index (κ3) is 1.92. The highest BCUT2D eigenvalue weighted by Gasteiger charge is 2.12. The minimum absolute atomic E-state index is 0.167. The molecule has 0 aromatic heterocycles. The van der Waals surface area contributed by atoms with Crippen LogP contribution in [0.25, 0.3) is 0 Å². The standard InChI is InChI=1S/C9H9ClO3/c1-5(11)7-3-6(10)4-8(13-2)9(7)12/h3-4,12H,1-2H3. The molecule has 0 atom stereocenters. The molecular weight excluding hydrogens is 192 g/mol. The van der Waals surface area contributed by atoms with Crippen molar-refractivity contribution in [2.75, 3.05) is 7.11 Å². The number of carbonyl (C=O) groups is 1. The average molecular weight is 201 g/mol. The zero-order valence-electron chi connectivity index (χ0n) is 7.30. The van der Waals surface area contributed by atoms with Crippen molar-refractivity contribution < 1.29 is 14.6 Å². The van der Waals surface area contributed by atoms with Crippen LogP contribution in [0.15, 0.2) is 12.1 Å². The van der Waals surface area contributed by atoms with Crippen molar-refractivity contribution in [1.82, 2.24) is 0 Å². The number of ketones is 1. The van der Waals surface area contributed by atoms with Gasteiger partial charge in [-0.3, -0.25) is 4.79 Å². The van der Waals surface area contributed by atoms with E-state index in [2.05, 4.69) is 0 Å². The molecule has 0 saturated carbocycles. The molecule has 1 aromatic carbocycles. The number of methoxy groups -OCH3 is 1. The van der Waals surface area contributed by atoms with Gasteiger partial charge in [0.05, 0.1) is 12.7 Å². The third-order valence-corrected chi connectivity index (χ3v) is 1.86. The Hall–Kier alpha value is -1.22. The number of hydrogen-bond donors (Lipinski definition) is 1. The van der Waals surface area contributed by atoms with Crippen LogP contribution < -0.4 is 4.74 Å². The molecule has 0 spiro atoms. The van der Waals surface area contributed by atoms with E-state index in [0.717, 1.165) is 0 Å². The summed E-state index contributed by atoms with van der Waals surface area (Å²) in [5.41, 5.74) is 0.171. The van der Waals surface area contributed by atoms with Crippen molar-refractivity contribution in [3.05, 3.63) is 22.7 Å². The summed E-state index contributed by atoms with van der Waals surface area (Å²) in [5.74, 6) is -0.213. The van der Waals surface area contributed by atoms with Crippen LogP contribution in [0.4, 0.5) is 0 Å². The SMILES string of the molecule is COc1cc(Cl)cc(C(C)=O)c1O. The summed E-state index contributed by atoms with van der Waals surface area (Å²) in [6, 6.07) is 2.85. The summed E-state index contributed by atoms with van der Waals surface area (Å²) in [5, 5.41) is 9.84. The van der Waals surface area contributed by atoms with Crippen molar-refractivity contribution in [3.8, 4) is 11.5 Å². The Morgan fingerprint density at radius 3 is 2.62 bits per heavy atom. The van der Waals surface area contributed by atoms with E-state index in [4.69, 9.17) is 16.3 Å². The summed E-state index contributed by atoms with van der Waals surface area (Å²) in [7, 11) is 1.40. The molecule has 0 heterocycles. The summed E-state index contributed by atoms with van der Waals surface area (Å²) in [4.78, 5) is 11.0. The summed E-state index contributed by atoms with van der Waals surface area (Å²) in [6.07, 6.45) is 0.